The Balaban J connectivity index is 2.06. The Morgan fingerprint density at radius 2 is 2.05 bits per heavy atom. The molecule has 2 saturated heterocycles. The summed E-state index contributed by atoms with van der Waals surface area (Å²) in [6, 6.07) is -1.25. The number of likely N-dealkylation sites (tertiary alicyclic amines) is 1. The van der Waals surface area contributed by atoms with Crippen LogP contribution in [0.15, 0.2) is 0 Å². The van der Waals surface area contributed by atoms with Gasteiger partial charge in [0.15, 0.2) is 0 Å². The van der Waals surface area contributed by atoms with Gasteiger partial charge in [-0.1, -0.05) is 0 Å². The second-order valence-corrected chi connectivity index (χ2v) is 5.16. The summed E-state index contributed by atoms with van der Waals surface area (Å²) in [5.74, 6) is -1.07. The number of carbonyl (C=O) groups excluding carboxylic acids is 1. The zero-order valence-electron chi connectivity index (χ0n) is 11.0. The molecule has 0 spiro atoms. The van der Waals surface area contributed by atoms with Gasteiger partial charge < -0.3 is 24.7 Å². The lowest BCUT2D eigenvalue weighted by Gasteiger charge is -2.30. The van der Waals surface area contributed by atoms with Crippen LogP contribution in [0, 0.1) is 0 Å². The molecule has 2 heterocycles. The van der Waals surface area contributed by atoms with Crippen molar-refractivity contribution in [1.82, 2.24) is 9.80 Å². The van der Waals surface area contributed by atoms with Crippen LogP contribution in [0.2, 0.25) is 0 Å². The summed E-state index contributed by atoms with van der Waals surface area (Å²) in [5, 5.41) is 18.7. The van der Waals surface area contributed by atoms with E-state index < -0.39 is 18.1 Å². The van der Waals surface area contributed by atoms with Crippen LogP contribution in [0.1, 0.15) is 19.8 Å². The van der Waals surface area contributed by atoms with E-state index in [2.05, 4.69) is 0 Å². The van der Waals surface area contributed by atoms with Crippen LogP contribution in [0.25, 0.3) is 0 Å². The molecular weight excluding hydrogens is 252 g/mol. The van der Waals surface area contributed by atoms with Gasteiger partial charge in [-0.3, -0.25) is 0 Å². The molecule has 2 rings (SSSR count). The van der Waals surface area contributed by atoms with Crippen molar-refractivity contribution in [3.8, 4) is 0 Å². The zero-order valence-corrected chi connectivity index (χ0v) is 11.0. The number of nitrogens with zero attached hydrogens (tertiary/aromatic N) is 2. The summed E-state index contributed by atoms with van der Waals surface area (Å²) < 4.78 is 5.46. The molecule has 108 valence electrons. The van der Waals surface area contributed by atoms with Gasteiger partial charge in [0.05, 0.1) is 12.2 Å². The van der Waals surface area contributed by atoms with E-state index in [9.17, 15) is 14.7 Å². The number of carboxylic acids is 1. The molecular formula is C12H20N2O5. The number of carboxylic acid groups (broad SMARTS) is 1. The normalized spacial score (nSPS) is 32.2. The molecule has 2 N–H and O–H groups in total. The van der Waals surface area contributed by atoms with Crippen LogP contribution < -0.4 is 0 Å². The number of ether oxygens (including phenoxy) is 1. The molecule has 0 radical (unpaired) electrons. The lowest BCUT2D eigenvalue weighted by atomic mass is 10.2. The minimum atomic E-state index is -1.07. The second-order valence-electron chi connectivity index (χ2n) is 5.16. The molecule has 0 saturated carbocycles. The van der Waals surface area contributed by atoms with Gasteiger partial charge in [-0.15, -0.1) is 0 Å². The van der Waals surface area contributed by atoms with Gasteiger partial charge in [0.1, 0.15) is 6.04 Å². The summed E-state index contributed by atoms with van der Waals surface area (Å²) in [7, 11) is 0. The largest absolute Gasteiger partial charge is 0.480 e. The van der Waals surface area contributed by atoms with Gasteiger partial charge in [-0.25, -0.2) is 9.59 Å². The summed E-state index contributed by atoms with van der Waals surface area (Å²) in [4.78, 5) is 26.4. The van der Waals surface area contributed by atoms with Crippen molar-refractivity contribution in [1.29, 1.82) is 0 Å². The molecule has 2 unspecified atom stereocenters. The quantitative estimate of drug-likeness (QED) is 0.686. The van der Waals surface area contributed by atoms with Gasteiger partial charge in [0, 0.05) is 32.7 Å². The Kier molecular flexibility index (Phi) is 4.26. The zero-order chi connectivity index (χ0) is 14.0. The number of rotatable bonds is 1. The molecule has 0 aliphatic carbocycles. The molecule has 2 fully saturated rings. The Hall–Kier alpha value is -1.34. The molecule has 0 aromatic carbocycles. The number of aliphatic hydroxyl groups excluding tert-OH is 1. The number of aliphatic hydroxyl groups is 1. The fourth-order valence-electron chi connectivity index (χ4n) is 2.61. The number of β-amino-alcohol motifs (C(OH)–C–C–N with tert-alkyl or cyclic N) is 1. The molecule has 0 aromatic heterocycles. The van der Waals surface area contributed by atoms with Crippen LogP contribution in [-0.4, -0.2) is 76.5 Å². The number of carbonyl (C=O) groups is 2. The molecule has 7 heteroatoms. The summed E-state index contributed by atoms with van der Waals surface area (Å²) in [6.07, 6.45) is 0.0264. The fourth-order valence-corrected chi connectivity index (χ4v) is 2.61. The number of hydrogen-bond acceptors (Lipinski definition) is 4. The van der Waals surface area contributed by atoms with Gasteiger partial charge in [-0.05, 0) is 13.3 Å². The molecule has 7 nitrogen and oxygen atoms in total. The first kappa shape index (κ1) is 14.1. The van der Waals surface area contributed by atoms with E-state index in [4.69, 9.17) is 9.84 Å². The third-order valence-electron chi connectivity index (χ3n) is 3.53. The average molecular weight is 272 g/mol. The van der Waals surface area contributed by atoms with Crippen molar-refractivity contribution in [2.75, 3.05) is 26.2 Å². The van der Waals surface area contributed by atoms with Crippen LogP contribution >= 0.6 is 0 Å². The first-order chi connectivity index (χ1) is 8.99. The minimum Gasteiger partial charge on any atom is -0.480 e. The molecule has 2 amide bonds. The third-order valence-corrected chi connectivity index (χ3v) is 3.53. The number of hydrogen-bond donors (Lipinski definition) is 2. The Labute approximate surface area is 111 Å². The minimum absolute atomic E-state index is 0.0535. The van der Waals surface area contributed by atoms with Crippen molar-refractivity contribution >= 4 is 12.0 Å². The molecule has 0 aromatic rings. The van der Waals surface area contributed by atoms with E-state index in [1.807, 2.05) is 6.92 Å². The van der Waals surface area contributed by atoms with E-state index >= 15 is 0 Å². The van der Waals surface area contributed by atoms with Gasteiger partial charge in [0.2, 0.25) is 0 Å². The monoisotopic (exact) mass is 272 g/mol. The van der Waals surface area contributed by atoms with E-state index in [0.29, 0.717) is 19.7 Å². The number of amides is 2. The van der Waals surface area contributed by atoms with Crippen LogP contribution in [0.4, 0.5) is 4.79 Å². The van der Waals surface area contributed by atoms with Crippen LogP contribution in [-0.2, 0) is 9.53 Å². The molecule has 3 atom stereocenters. The van der Waals surface area contributed by atoms with Crippen LogP contribution in [0.3, 0.4) is 0 Å². The SMILES string of the molecule is CC1CN(C(=O)N2CC(O)C[C@H]2C(=O)O)CCCO1. The highest BCUT2D eigenvalue weighted by atomic mass is 16.5. The van der Waals surface area contributed by atoms with Crippen molar-refractivity contribution in [2.45, 2.75) is 38.0 Å². The highest BCUT2D eigenvalue weighted by Gasteiger charge is 2.40. The molecule has 19 heavy (non-hydrogen) atoms. The Morgan fingerprint density at radius 3 is 2.74 bits per heavy atom. The van der Waals surface area contributed by atoms with Crippen molar-refractivity contribution < 1.29 is 24.5 Å². The topological polar surface area (TPSA) is 90.3 Å². The number of aliphatic carboxylic acids is 1. The van der Waals surface area contributed by atoms with Gasteiger partial charge in [0.25, 0.3) is 0 Å². The first-order valence-electron chi connectivity index (χ1n) is 6.57. The van der Waals surface area contributed by atoms with Crippen LogP contribution in [0.5, 0.6) is 0 Å². The average Bonchev–Trinajstić information content (AvgIpc) is 2.61. The highest BCUT2D eigenvalue weighted by Crippen LogP contribution is 2.21. The standard InChI is InChI=1S/C12H20N2O5/c1-8-6-13(3-2-4-19-8)12(18)14-7-9(15)5-10(14)11(16)17/h8-10,15H,2-7H2,1H3,(H,16,17)/t8?,9?,10-/m0/s1. The maximum absolute atomic E-state index is 12.4. The summed E-state index contributed by atoms with van der Waals surface area (Å²) >= 11 is 0. The predicted octanol–water partition coefficient (Wildman–Crippen LogP) is -0.263. The maximum atomic E-state index is 12.4. The Bertz CT molecular complexity index is 362. The maximum Gasteiger partial charge on any atom is 0.326 e. The van der Waals surface area contributed by atoms with Gasteiger partial charge >= 0.3 is 12.0 Å². The third kappa shape index (κ3) is 3.16. The fraction of sp³-hybridized carbons (Fsp3) is 0.833. The number of urea groups is 1. The Morgan fingerprint density at radius 1 is 1.32 bits per heavy atom. The molecule has 0 bridgehead atoms. The highest BCUT2D eigenvalue weighted by molar-refractivity contribution is 5.83. The van der Waals surface area contributed by atoms with E-state index in [0.717, 1.165) is 6.42 Å². The molecule has 2 aliphatic heterocycles. The van der Waals surface area contributed by atoms with E-state index in [1.165, 1.54) is 4.90 Å². The van der Waals surface area contributed by atoms with Crippen molar-refractivity contribution in [3.63, 3.8) is 0 Å². The van der Waals surface area contributed by atoms with Crippen molar-refractivity contribution in [2.24, 2.45) is 0 Å². The second kappa shape index (κ2) is 5.75. The smallest absolute Gasteiger partial charge is 0.326 e. The predicted molar refractivity (Wildman–Crippen MR) is 65.8 cm³/mol. The summed E-state index contributed by atoms with van der Waals surface area (Å²) in [6.45, 7) is 3.59. The van der Waals surface area contributed by atoms with Crippen molar-refractivity contribution in [3.05, 3.63) is 0 Å². The van der Waals surface area contributed by atoms with E-state index in [1.54, 1.807) is 4.90 Å². The lowest BCUT2D eigenvalue weighted by molar-refractivity contribution is -0.141. The first-order valence-corrected chi connectivity index (χ1v) is 6.57. The molecule has 2 aliphatic rings. The van der Waals surface area contributed by atoms with Gasteiger partial charge in [-0.2, -0.15) is 0 Å². The summed E-state index contributed by atoms with van der Waals surface area (Å²) in [5.41, 5.74) is 0. The van der Waals surface area contributed by atoms with E-state index in [-0.39, 0.29) is 25.1 Å². The lowest BCUT2D eigenvalue weighted by Crippen LogP contribution is -2.49.